The Bertz CT molecular complexity index is 56.0. The first kappa shape index (κ1) is 15.7. The van der Waals surface area contributed by atoms with Crippen molar-refractivity contribution in [3.8, 4) is 0 Å². The average Bonchev–Trinajstić information content (AvgIpc) is 1.35. The molecule has 0 aromatic heterocycles. The Labute approximate surface area is 62.2 Å². The molecule has 3 N–H and O–H groups in total. The molecular formula is C4H11Cl2N2. The third-order valence-corrected chi connectivity index (χ3v) is 0.446. The standard InChI is InChI=1S/C4H9N2.2ClH/c1-2-3-4(5)6;;/h1-3H2,(H3,5,6);2*1H. The van der Waals surface area contributed by atoms with Gasteiger partial charge in [0.05, 0.1) is 5.84 Å². The van der Waals surface area contributed by atoms with Crippen LogP contribution in [0.15, 0.2) is 0 Å². The van der Waals surface area contributed by atoms with Crippen molar-refractivity contribution < 1.29 is 0 Å². The minimum atomic E-state index is 0. The van der Waals surface area contributed by atoms with Crippen LogP contribution in [0.25, 0.3) is 0 Å². The monoisotopic (exact) mass is 157 g/mol. The molecule has 0 saturated heterocycles. The van der Waals surface area contributed by atoms with E-state index in [1.165, 1.54) is 0 Å². The van der Waals surface area contributed by atoms with Crippen molar-refractivity contribution in [2.45, 2.75) is 12.8 Å². The highest BCUT2D eigenvalue weighted by Crippen LogP contribution is 1.79. The van der Waals surface area contributed by atoms with Gasteiger partial charge < -0.3 is 5.73 Å². The maximum atomic E-state index is 6.63. The van der Waals surface area contributed by atoms with Gasteiger partial charge in [-0.3, -0.25) is 5.41 Å². The van der Waals surface area contributed by atoms with Gasteiger partial charge in [0.15, 0.2) is 0 Å². The third kappa shape index (κ3) is 16.6. The van der Waals surface area contributed by atoms with Gasteiger partial charge in [0.25, 0.3) is 0 Å². The van der Waals surface area contributed by atoms with Gasteiger partial charge in [-0.05, 0) is 6.42 Å². The van der Waals surface area contributed by atoms with Crippen molar-refractivity contribution in [2.75, 3.05) is 0 Å². The Hall–Kier alpha value is 0.0500. The molecule has 0 heterocycles. The van der Waals surface area contributed by atoms with Crippen molar-refractivity contribution in [3.05, 3.63) is 6.92 Å². The molecule has 0 aliphatic rings. The molecule has 0 spiro atoms. The zero-order chi connectivity index (χ0) is 4.99. The van der Waals surface area contributed by atoms with Gasteiger partial charge in [-0.15, -0.1) is 24.8 Å². The minimum Gasteiger partial charge on any atom is -0.388 e. The highest BCUT2D eigenvalue weighted by atomic mass is 35.5. The van der Waals surface area contributed by atoms with E-state index in [9.17, 15) is 0 Å². The topological polar surface area (TPSA) is 49.9 Å². The van der Waals surface area contributed by atoms with Crippen LogP contribution in [-0.4, -0.2) is 5.84 Å². The Morgan fingerprint density at radius 3 is 1.88 bits per heavy atom. The summed E-state index contributed by atoms with van der Waals surface area (Å²) < 4.78 is 0. The van der Waals surface area contributed by atoms with Crippen molar-refractivity contribution in [1.29, 1.82) is 5.41 Å². The molecule has 0 aliphatic heterocycles. The SMILES string of the molecule is Cl.Cl.[CH2]CCC(=N)N. The third-order valence-electron chi connectivity index (χ3n) is 0.446. The van der Waals surface area contributed by atoms with Gasteiger partial charge in [-0.1, -0.05) is 6.92 Å². The van der Waals surface area contributed by atoms with Crippen LogP contribution in [0.3, 0.4) is 0 Å². The normalized spacial score (nSPS) is 6.12. The van der Waals surface area contributed by atoms with Gasteiger partial charge in [0, 0.05) is 6.42 Å². The second kappa shape index (κ2) is 10.1. The molecular weight excluding hydrogens is 147 g/mol. The van der Waals surface area contributed by atoms with Crippen molar-refractivity contribution >= 4 is 30.6 Å². The smallest absolute Gasteiger partial charge is 0.0905 e. The molecule has 2 nitrogen and oxygen atoms in total. The zero-order valence-corrected chi connectivity index (χ0v) is 6.15. The van der Waals surface area contributed by atoms with E-state index in [-0.39, 0.29) is 30.6 Å². The molecule has 0 unspecified atom stereocenters. The fourth-order valence-electron chi connectivity index (χ4n) is 0.190. The number of nitrogens with one attached hydrogen (secondary N) is 1. The Kier molecular flexibility index (Phi) is 19.8. The first-order valence-electron chi connectivity index (χ1n) is 1.89. The number of halogens is 2. The summed E-state index contributed by atoms with van der Waals surface area (Å²) >= 11 is 0. The van der Waals surface area contributed by atoms with E-state index in [0.717, 1.165) is 6.42 Å². The van der Waals surface area contributed by atoms with Crippen LogP contribution in [0.4, 0.5) is 0 Å². The Balaban J connectivity index is -0.000000125. The molecule has 0 amide bonds. The quantitative estimate of drug-likeness (QED) is 0.462. The number of hydrogen-bond donors (Lipinski definition) is 2. The summed E-state index contributed by atoms with van der Waals surface area (Å²) in [5.74, 6) is 0.227. The van der Waals surface area contributed by atoms with Crippen LogP contribution in [0.5, 0.6) is 0 Å². The van der Waals surface area contributed by atoms with Gasteiger partial charge in [0.2, 0.25) is 0 Å². The Morgan fingerprint density at radius 1 is 1.50 bits per heavy atom. The van der Waals surface area contributed by atoms with E-state index < -0.39 is 0 Å². The summed E-state index contributed by atoms with van der Waals surface area (Å²) in [6, 6.07) is 0. The maximum absolute atomic E-state index is 6.63. The maximum Gasteiger partial charge on any atom is 0.0905 e. The molecule has 0 saturated carbocycles. The van der Waals surface area contributed by atoms with E-state index >= 15 is 0 Å². The number of nitrogens with two attached hydrogens (primary N) is 1. The van der Waals surface area contributed by atoms with Crippen LogP contribution in [0, 0.1) is 12.3 Å². The van der Waals surface area contributed by atoms with Crippen molar-refractivity contribution in [1.82, 2.24) is 0 Å². The Morgan fingerprint density at radius 2 is 1.88 bits per heavy atom. The molecule has 0 atom stereocenters. The fraction of sp³-hybridized carbons (Fsp3) is 0.500. The van der Waals surface area contributed by atoms with Crippen LogP contribution in [0.1, 0.15) is 12.8 Å². The molecule has 4 heteroatoms. The van der Waals surface area contributed by atoms with Gasteiger partial charge in [-0.25, -0.2) is 0 Å². The molecule has 0 aromatic carbocycles. The van der Waals surface area contributed by atoms with Gasteiger partial charge in [-0.2, -0.15) is 0 Å². The largest absolute Gasteiger partial charge is 0.388 e. The van der Waals surface area contributed by atoms with E-state index in [4.69, 9.17) is 11.1 Å². The number of rotatable bonds is 2. The van der Waals surface area contributed by atoms with Crippen molar-refractivity contribution in [2.24, 2.45) is 5.73 Å². The van der Waals surface area contributed by atoms with Crippen LogP contribution in [-0.2, 0) is 0 Å². The lowest BCUT2D eigenvalue weighted by atomic mass is 10.3. The molecule has 0 rings (SSSR count). The average molecular weight is 158 g/mol. The number of hydrogen-bond acceptors (Lipinski definition) is 1. The van der Waals surface area contributed by atoms with Gasteiger partial charge >= 0.3 is 0 Å². The predicted molar refractivity (Wildman–Crippen MR) is 41.0 cm³/mol. The van der Waals surface area contributed by atoms with Gasteiger partial charge in [0.1, 0.15) is 0 Å². The predicted octanol–water partition coefficient (Wildman–Crippen LogP) is 1.38. The lowest BCUT2D eigenvalue weighted by Crippen LogP contribution is -2.07. The fourth-order valence-corrected chi connectivity index (χ4v) is 0.190. The minimum absolute atomic E-state index is 0. The van der Waals surface area contributed by atoms with Crippen LogP contribution >= 0.6 is 24.8 Å². The second-order valence-electron chi connectivity index (χ2n) is 1.13. The molecule has 1 radical (unpaired) electrons. The summed E-state index contributed by atoms with van der Waals surface area (Å²) in [6.45, 7) is 3.50. The van der Waals surface area contributed by atoms with E-state index in [1.54, 1.807) is 0 Å². The molecule has 0 aliphatic carbocycles. The molecule has 0 aromatic rings. The van der Waals surface area contributed by atoms with Crippen LogP contribution < -0.4 is 5.73 Å². The number of amidine groups is 1. The zero-order valence-electron chi connectivity index (χ0n) is 4.52. The summed E-state index contributed by atoms with van der Waals surface area (Å²) in [4.78, 5) is 0. The lowest BCUT2D eigenvalue weighted by Gasteiger charge is -1.85. The lowest BCUT2D eigenvalue weighted by molar-refractivity contribution is 1.06. The highest BCUT2D eigenvalue weighted by Gasteiger charge is 1.79. The van der Waals surface area contributed by atoms with Crippen LogP contribution in [0.2, 0.25) is 0 Å². The highest BCUT2D eigenvalue weighted by molar-refractivity contribution is 5.85. The first-order chi connectivity index (χ1) is 2.77. The molecule has 51 valence electrons. The summed E-state index contributed by atoms with van der Waals surface area (Å²) in [7, 11) is 0. The van der Waals surface area contributed by atoms with E-state index in [2.05, 4.69) is 6.92 Å². The molecule has 0 bridgehead atoms. The molecule has 8 heavy (non-hydrogen) atoms. The second-order valence-corrected chi connectivity index (χ2v) is 1.13. The summed E-state index contributed by atoms with van der Waals surface area (Å²) in [5, 5.41) is 6.63. The first-order valence-corrected chi connectivity index (χ1v) is 1.89. The van der Waals surface area contributed by atoms with Crippen molar-refractivity contribution in [3.63, 3.8) is 0 Å². The van der Waals surface area contributed by atoms with E-state index in [0.29, 0.717) is 6.42 Å². The summed E-state index contributed by atoms with van der Waals surface area (Å²) in [5.41, 5.74) is 4.95. The van der Waals surface area contributed by atoms with E-state index in [1.807, 2.05) is 0 Å². The summed E-state index contributed by atoms with van der Waals surface area (Å²) in [6.07, 6.45) is 1.36. The molecule has 0 fully saturated rings.